The highest BCUT2D eigenvalue weighted by molar-refractivity contribution is 5.20. The highest BCUT2D eigenvalue weighted by Gasteiger charge is 2.64. The van der Waals surface area contributed by atoms with Gasteiger partial charge in [0.2, 0.25) is 0 Å². The average molecular weight is 245 g/mol. The van der Waals surface area contributed by atoms with Crippen molar-refractivity contribution in [2.45, 2.75) is 45.2 Å². The minimum atomic E-state index is 0.834. The molecule has 1 aromatic heterocycles. The number of rotatable bonds is 4. The molecule has 1 N–H and O–H groups in total. The van der Waals surface area contributed by atoms with Crippen LogP contribution in [-0.2, 0) is 20.0 Å². The molecule has 3 aliphatic rings. The summed E-state index contributed by atoms with van der Waals surface area (Å²) in [7, 11) is 2.02. The van der Waals surface area contributed by atoms with Gasteiger partial charge in [0.1, 0.15) is 0 Å². The van der Waals surface area contributed by atoms with Crippen LogP contribution in [0.1, 0.15) is 37.4 Å². The molecule has 2 bridgehead atoms. The molecule has 0 aliphatic heterocycles. The summed E-state index contributed by atoms with van der Waals surface area (Å²) >= 11 is 0. The van der Waals surface area contributed by atoms with Crippen LogP contribution in [0.15, 0.2) is 6.20 Å². The molecule has 3 nitrogen and oxygen atoms in total. The van der Waals surface area contributed by atoms with Gasteiger partial charge >= 0.3 is 0 Å². The van der Waals surface area contributed by atoms with E-state index in [0.717, 1.165) is 42.7 Å². The van der Waals surface area contributed by atoms with Crippen LogP contribution in [0, 0.1) is 23.7 Å². The van der Waals surface area contributed by atoms with E-state index >= 15 is 0 Å². The second kappa shape index (κ2) is 3.83. The third-order valence-corrected chi connectivity index (χ3v) is 5.59. The van der Waals surface area contributed by atoms with E-state index in [-0.39, 0.29) is 0 Å². The second-order valence-electron chi connectivity index (χ2n) is 6.52. The second-order valence-corrected chi connectivity index (χ2v) is 6.52. The lowest BCUT2D eigenvalue weighted by Gasteiger charge is -2.10. The molecule has 4 atom stereocenters. The molecule has 3 saturated carbocycles. The predicted octanol–water partition coefficient (Wildman–Crippen LogP) is 2.12. The summed E-state index contributed by atoms with van der Waals surface area (Å²) in [6.07, 6.45) is 7.79. The summed E-state index contributed by atoms with van der Waals surface area (Å²) in [5.41, 5.74) is 2.66. The summed E-state index contributed by atoms with van der Waals surface area (Å²) < 4.78 is 1.95. The molecule has 3 heteroatoms. The Morgan fingerprint density at radius 3 is 2.72 bits per heavy atom. The van der Waals surface area contributed by atoms with Gasteiger partial charge in [0.25, 0.3) is 0 Å². The van der Waals surface area contributed by atoms with Gasteiger partial charge in [-0.15, -0.1) is 0 Å². The zero-order valence-electron chi connectivity index (χ0n) is 11.4. The molecule has 18 heavy (non-hydrogen) atoms. The van der Waals surface area contributed by atoms with Crippen LogP contribution >= 0.6 is 0 Å². The van der Waals surface area contributed by atoms with Crippen LogP contribution < -0.4 is 5.32 Å². The van der Waals surface area contributed by atoms with Crippen LogP contribution in [0.25, 0.3) is 0 Å². The summed E-state index contributed by atoms with van der Waals surface area (Å²) in [5, 5.41) is 8.33. The molecule has 1 aromatic rings. The number of fused-ring (bicyclic) bond motifs is 5. The monoisotopic (exact) mass is 245 g/mol. The van der Waals surface area contributed by atoms with Crippen LogP contribution in [0.2, 0.25) is 0 Å². The third kappa shape index (κ3) is 1.49. The van der Waals surface area contributed by atoms with Gasteiger partial charge in [0.05, 0.1) is 5.69 Å². The Morgan fingerprint density at radius 1 is 1.33 bits per heavy atom. The van der Waals surface area contributed by atoms with Gasteiger partial charge in [0.15, 0.2) is 0 Å². The number of aryl methyl sites for hydroxylation is 2. The predicted molar refractivity (Wildman–Crippen MR) is 71.0 cm³/mol. The van der Waals surface area contributed by atoms with Gasteiger partial charge in [-0.2, -0.15) is 5.10 Å². The maximum absolute atomic E-state index is 4.52. The lowest BCUT2D eigenvalue weighted by molar-refractivity contribution is 0.456. The van der Waals surface area contributed by atoms with Crippen LogP contribution in [0.4, 0.5) is 0 Å². The largest absolute Gasteiger partial charge is 0.309 e. The van der Waals surface area contributed by atoms with Crippen molar-refractivity contribution in [3.05, 3.63) is 17.5 Å². The Morgan fingerprint density at radius 2 is 2.06 bits per heavy atom. The van der Waals surface area contributed by atoms with E-state index < -0.39 is 0 Å². The maximum atomic E-state index is 4.52. The van der Waals surface area contributed by atoms with Crippen LogP contribution in [0.5, 0.6) is 0 Å². The van der Waals surface area contributed by atoms with E-state index in [9.17, 15) is 0 Å². The SMILES string of the molecule is CCc1nn(C)cc1CNC1C2C3CCC(C3)C12. The van der Waals surface area contributed by atoms with Gasteiger partial charge in [0, 0.05) is 31.4 Å². The first-order valence-corrected chi connectivity index (χ1v) is 7.52. The number of aromatic nitrogens is 2. The standard InChI is InChI=1S/C15H23N3/c1-3-12-11(8-18(2)17-12)7-16-15-13-9-4-5-10(6-9)14(13)15/h8-10,13-16H,3-7H2,1-2H3. The summed E-state index contributed by atoms with van der Waals surface area (Å²) in [6.45, 7) is 3.21. The Bertz CT molecular complexity index is 448. The van der Waals surface area contributed by atoms with Crippen LogP contribution in [0.3, 0.4) is 0 Å². The summed E-state index contributed by atoms with van der Waals surface area (Å²) in [4.78, 5) is 0. The molecule has 3 aliphatic carbocycles. The summed E-state index contributed by atoms with van der Waals surface area (Å²) in [5.74, 6) is 4.20. The number of nitrogens with zero attached hydrogens (tertiary/aromatic N) is 2. The molecule has 0 aromatic carbocycles. The van der Waals surface area contributed by atoms with Crippen molar-refractivity contribution >= 4 is 0 Å². The molecule has 0 spiro atoms. The Labute approximate surface area is 109 Å². The number of nitrogens with one attached hydrogen (secondary N) is 1. The first kappa shape index (κ1) is 11.0. The average Bonchev–Trinajstić information content (AvgIpc) is 2.72. The lowest BCUT2D eigenvalue weighted by Crippen LogP contribution is -2.22. The quantitative estimate of drug-likeness (QED) is 0.880. The molecule has 98 valence electrons. The molecular formula is C15H23N3. The normalized spacial score (nSPS) is 40.2. The third-order valence-electron chi connectivity index (χ3n) is 5.59. The fourth-order valence-corrected chi connectivity index (χ4v) is 4.85. The van der Waals surface area contributed by atoms with E-state index in [2.05, 4.69) is 23.5 Å². The van der Waals surface area contributed by atoms with Gasteiger partial charge in [-0.3, -0.25) is 4.68 Å². The van der Waals surface area contributed by atoms with Gasteiger partial charge in [-0.1, -0.05) is 6.92 Å². The minimum absolute atomic E-state index is 0.834. The molecular weight excluding hydrogens is 222 g/mol. The molecule has 0 amide bonds. The fraction of sp³-hybridized carbons (Fsp3) is 0.800. The fourth-order valence-electron chi connectivity index (χ4n) is 4.85. The molecule has 1 heterocycles. The molecule has 3 fully saturated rings. The molecule has 0 radical (unpaired) electrons. The minimum Gasteiger partial charge on any atom is -0.309 e. The molecule has 0 saturated heterocycles. The number of hydrogen-bond donors (Lipinski definition) is 1. The van der Waals surface area contributed by atoms with Crippen molar-refractivity contribution < 1.29 is 0 Å². The smallest absolute Gasteiger partial charge is 0.0666 e. The van der Waals surface area contributed by atoms with Crippen molar-refractivity contribution in [2.24, 2.45) is 30.7 Å². The van der Waals surface area contributed by atoms with Crippen molar-refractivity contribution in [1.82, 2.24) is 15.1 Å². The molecule has 4 rings (SSSR count). The Hall–Kier alpha value is -0.830. The Balaban J connectivity index is 1.40. The van der Waals surface area contributed by atoms with Crippen molar-refractivity contribution in [3.63, 3.8) is 0 Å². The molecule has 4 unspecified atom stereocenters. The van der Waals surface area contributed by atoms with E-state index in [0.29, 0.717) is 0 Å². The van der Waals surface area contributed by atoms with E-state index in [1.165, 1.54) is 24.1 Å². The van der Waals surface area contributed by atoms with E-state index in [4.69, 9.17) is 0 Å². The first-order chi connectivity index (χ1) is 8.78. The van der Waals surface area contributed by atoms with E-state index in [1.54, 1.807) is 6.42 Å². The van der Waals surface area contributed by atoms with Crippen molar-refractivity contribution in [3.8, 4) is 0 Å². The topological polar surface area (TPSA) is 29.9 Å². The lowest BCUT2D eigenvalue weighted by atomic mass is 10.0. The highest BCUT2D eigenvalue weighted by Crippen LogP contribution is 2.65. The zero-order valence-corrected chi connectivity index (χ0v) is 11.4. The van der Waals surface area contributed by atoms with E-state index in [1.807, 2.05) is 11.7 Å². The van der Waals surface area contributed by atoms with Gasteiger partial charge in [-0.25, -0.2) is 0 Å². The number of hydrogen-bond acceptors (Lipinski definition) is 2. The highest BCUT2D eigenvalue weighted by atomic mass is 15.3. The van der Waals surface area contributed by atoms with Gasteiger partial charge in [-0.05, 0) is 49.4 Å². The first-order valence-electron chi connectivity index (χ1n) is 7.52. The van der Waals surface area contributed by atoms with Gasteiger partial charge < -0.3 is 5.32 Å². The zero-order chi connectivity index (χ0) is 12.3. The van der Waals surface area contributed by atoms with Crippen molar-refractivity contribution in [2.75, 3.05) is 0 Å². The van der Waals surface area contributed by atoms with Crippen molar-refractivity contribution in [1.29, 1.82) is 0 Å². The van der Waals surface area contributed by atoms with Crippen LogP contribution in [-0.4, -0.2) is 15.8 Å². The Kier molecular flexibility index (Phi) is 2.35. The maximum Gasteiger partial charge on any atom is 0.0666 e. The summed E-state index contributed by atoms with van der Waals surface area (Å²) in [6, 6.07) is 0.834.